The van der Waals surface area contributed by atoms with Crippen LogP contribution >= 0.6 is 0 Å². The van der Waals surface area contributed by atoms with Crippen LogP contribution < -0.4 is 0 Å². The summed E-state index contributed by atoms with van der Waals surface area (Å²) in [6.07, 6.45) is 0. The van der Waals surface area contributed by atoms with Crippen LogP contribution in [0.3, 0.4) is 0 Å². The highest BCUT2D eigenvalue weighted by Crippen LogP contribution is 1.89. The Morgan fingerprint density at radius 1 is 0.789 bits per heavy atom. The van der Waals surface area contributed by atoms with Crippen LogP contribution in [-0.4, -0.2) is 84.4 Å². The Balaban J connectivity index is 3.05. The lowest BCUT2D eigenvalue weighted by atomic mass is 10.5. The summed E-state index contributed by atoms with van der Waals surface area (Å²) in [5.41, 5.74) is 0. The van der Waals surface area contributed by atoms with Gasteiger partial charge in [-0.1, -0.05) is 0 Å². The number of nitrogens with zero attached hydrogens (tertiary/aromatic N) is 1. The molecule has 0 aromatic carbocycles. The molecule has 0 amide bonds. The Hall–Kier alpha value is -0.690. The van der Waals surface area contributed by atoms with Gasteiger partial charge in [-0.05, 0) is 0 Å². The standard InChI is InChI=1S/C13H28NO5/c1-13(15)19-12-11-18-10-9-17-8-7-16-6-5-14(2,3)4/h5-12H2,1-4H3/q+1. The molecule has 0 aliphatic heterocycles. The molecule has 0 N–H and O–H groups in total. The van der Waals surface area contributed by atoms with Gasteiger partial charge >= 0.3 is 5.97 Å². The average molecular weight is 278 g/mol. The molecule has 19 heavy (non-hydrogen) atoms. The first kappa shape index (κ1) is 18.3. The molecule has 0 heterocycles. The van der Waals surface area contributed by atoms with Gasteiger partial charge in [0, 0.05) is 6.92 Å². The summed E-state index contributed by atoms with van der Waals surface area (Å²) in [6, 6.07) is 0. The maximum atomic E-state index is 10.4. The van der Waals surface area contributed by atoms with E-state index in [1.807, 2.05) is 0 Å². The zero-order valence-electron chi connectivity index (χ0n) is 12.6. The van der Waals surface area contributed by atoms with Crippen LogP contribution in [0, 0.1) is 0 Å². The van der Waals surface area contributed by atoms with E-state index in [4.69, 9.17) is 18.9 Å². The predicted molar refractivity (Wildman–Crippen MR) is 72.0 cm³/mol. The molecule has 114 valence electrons. The van der Waals surface area contributed by atoms with Crippen molar-refractivity contribution in [2.75, 3.05) is 73.9 Å². The minimum Gasteiger partial charge on any atom is -0.463 e. The van der Waals surface area contributed by atoms with Gasteiger partial charge in [-0.25, -0.2) is 0 Å². The first-order chi connectivity index (χ1) is 8.92. The number of likely N-dealkylation sites (N-methyl/N-ethyl adjacent to an activating group) is 1. The molecule has 0 saturated heterocycles. The Kier molecular flexibility index (Phi) is 10.8. The maximum absolute atomic E-state index is 10.4. The van der Waals surface area contributed by atoms with E-state index in [9.17, 15) is 4.79 Å². The molecular formula is C13H28NO5+. The fourth-order valence-corrected chi connectivity index (χ4v) is 1.12. The van der Waals surface area contributed by atoms with Gasteiger partial charge in [-0.2, -0.15) is 0 Å². The summed E-state index contributed by atoms with van der Waals surface area (Å²) in [7, 11) is 6.40. The average Bonchev–Trinajstić information content (AvgIpc) is 2.28. The highest BCUT2D eigenvalue weighted by molar-refractivity contribution is 5.65. The number of quaternary nitrogens is 1. The number of ether oxygens (including phenoxy) is 4. The van der Waals surface area contributed by atoms with Crippen LogP contribution in [-0.2, 0) is 23.7 Å². The molecule has 0 radical (unpaired) electrons. The van der Waals surface area contributed by atoms with Crippen molar-refractivity contribution in [3.05, 3.63) is 0 Å². The third kappa shape index (κ3) is 17.3. The molecule has 0 fully saturated rings. The van der Waals surface area contributed by atoms with Crippen molar-refractivity contribution >= 4 is 5.97 Å². The zero-order valence-corrected chi connectivity index (χ0v) is 12.6. The van der Waals surface area contributed by atoms with Crippen LogP contribution in [0.4, 0.5) is 0 Å². The number of carbonyl (C=O) groups excluding carboxylic acids is 1. The maximum Gasteiger partial charge on any atom is 0.302 e. The normalized spacial score (nSPS) is 11.6. The molecule has 0 aromatic rings. The molecular weight excluding hydrogens is 250 g/mol. The van der Waals surface area contributed by atoms with Crippen molar-refractivity contribution in [1.82, 2.24) is 0 Å². The summed E-state index contributed by atoms with van der Waals surface area (Å²) in [4.78, 5) is 10.4. The largest absolute Gasteiger partial charge is 0.463 e. The number of carbonyl (C=O) groups is 1. The van der Waals surface area contributed by atoms with Gasteiger partial charge in [0.2, 0.25) is 0 Å². The van der Waals surface area contributed by atoms with Crippen molar-refractivity contribution in [1.29, 1.82) is 0 Å². The lowest BCUT2D eigenvalue weighted by Gasteiger charge is -2.23. The van der Waals surface area contributed by atoms with Gasteiger partial charge in [0.25, 0.3) is 0 Å². The number of hydrogen-bond acceptors (Lipinski definition) is 5. The quantitative estimate of drug-likeness (QED) is 0.292. The summed E-state index contributed by atoms with van der Waals surface area (Å²) >= 11 is 0. The summed E-state index contributed by atoms with van der Waals surface area (Å²) in [6.45, 7) is 6.01. The van der Waals surface area contributed by atoms with E-state index >= 15 is 0 Å². The summed E-state index contributed by atoms with van der Waals surface area (Å²) < 4.78 is 21.6. The van der Waals surface area contributed by atoms with E-state index in [1.54, 1.807) is 0 Å². The molecule has 0 spiro atoms. The minimum absolute atomic E-state index is 0.286. The zero-order chi connectivity index (χ0) is 14.6. The summed E-state index contributed by atoms with van der Waals surface area (Å²) in [5.74, 6) is -0.286. The highest BCUT2D eigenvalue weighted by atomic mass is 16.6. The van der Waals surface area contributed by atoms with E-state index in [0.717, 1.165) is 17.6 Å². The van der Waals surface area contributed by atoms with Crippen molar-refractivity contribution in [3.63, 3.8) is 0 Å². The number of esters is 1. The molecule has 0 atom stereocenters. The Labute approximate surface area is 116 Å². The molecule has 0 aromatic heterocycles. The Morgan fingerprint density at radius 3 is 1.63 bits per heavy atom. The van der Waals surface area contributed by atoms with Crippen molar-refractivity contribution < 1.29 is 28.2 Å². The molecule has 0 unspecified atom stereocenters. The van der Waals surface area contributed by atoms with E-state index in [1.165, 1.54) is 6.92 Å². The topological polar surface area (TPSA) is 54.0 Å². The van der Waals surface area contributed by atoms with E-state index in [2.05, 4.69) is 21.1 Å². The summed E-state index contributed by atoms with van der Waals surface area (Å²) in [5, 5.41) is 0. The third-order valence-electron chi connectivity index (χ3n) is 2.18. The van der Waals surface area contributed by atoms with Crippen LogP contribution in [0.1, 0.15) is 6.92 Å². The Bertz CT molecular complexity index is 228. The second-order valence-electron chi connectivity index (χ2n) is 5.19. The van der Waals surface area contributed by atoms with Crippen molar-refractivity contribution in [3.8, 4) is 0 Å². The smallest absolute Gasteiger partial charge is 0.302 e. The lowest BCUT2D eigenvalue weighted by Crippen LogP contribution is -2.37. The van der Waals surface area contributed by atoms with E-state index in [0.29, 0.717) is 39.6 Å². The number of hydrogen-bond donors (Lipinski definition) is 0. The van der Waals surface area contributed by atoms with Crippen LogP contribution in [0.5, 0.6) is 0 Å². The molecule has 0 aliphatic rings. The lowest BCUT2D eigenvalue weighted by molar-refractivity contribution is -0.870. The van der Waals surface area contributed by atoms with Gasteiger partial charge in [0.05, 0.1) is 60.8 Å². The SMILES string of the molecule is CC(=O)OCCOCCOCCOCC[N+](C)(C)C. The van der Waals surface area contributed by atoms with Crippen LogP contribution in [0.2, 0.25) is 0 Å². The monoisotopic (exact) mass is 278 g/mol. The van der Waals surface area contributed by atoms with Crippen LogP contribution in [0.15, 0.2) is 0 Å². The Morgan fingerprint density at radius 2 is 1.21 bits per heavy atom. The van der Waals surface area contributed by atoms with Gasteiger partial charge in [0.1, 0.15) is 13.2 Å². The minimum atomic E-state index is -0.286. The fraction of sp³-hybridized carbons (Fsp3) is 0.923. The second kappa shape index (κ2) is 11.2. The first-order valence-corrected chi connectivity index (χ1v) is 6.59. The molecule has 0 rings (SSSR count). The molecule has 0 bridgehead atoms. The number of rotatable bonds is 12. The van der Waals surface area contributed by atoms with Gasteiger partial charge in [-0.15, -0.1) is 0 Å². The highest BCUT2D eigenvalue weighted by Gasteiger charge is 2.05. The second-order valence-corrected chi connectivity index (χ2v) is 5.19. The van der Waals surface area contributed by atoms with Crippen molar-refractivity contribution in [2.45, 2.75) is 6.92 Å². The van der Waals surface area contributed by atoms with E-state index in [-0.39, 0.29) is 5.97 Å². The molecule has 6 nitrogen and oxygen atoms in total. The van der Waals surface area contributed by atoms with Gasteiger partial charge in [-0.3, -0.25) is 4.79 Å². The van der Waals surface area contributed by atoms with Crippen LogP contribution in [0.25, 0.3) is 0 Å². The predicted octanol–water partition coefficient (Wildman–Crippen LogP) is 0.306. The van der Waals surface area contributed by atoms with Gasteiger partial charge in [0.15, 0.2) is 0 Å². The van der Waals surface area contributed by atoms with E-state index < -0.39 is 0 Å². The molecule has 6 heteroatoms. The molecule has 0 saturated carbocycles. The third-order valence-corrected chi connectivity index (χ3v) is 2.18. The van der Waals surface area contributed by atoms with Crippen molar-refractivity contribution in [2.24, 2.45) is 0 Å². The first-order valence-electron chi connectivity index (χ1n) is 6.59. The van der Waals surface area contributed by atoms with Gasteiger partial charge < -0.3 is 23.4 Å². The fourth-order valence-electron chi connectivity index (χ4n) is 1.12. The molecule has 0 aliphatic carbocycles.